The molecule has 0 saturated heterocycles. The van der Waals surface area contributed by atoms with Crippen LogP contribution in [0.25, 0.3) is 10.9 Å². The first-order valence-electron chi connectivity index (χ1n) is 4.63. The maximum Gasteiger partial charge on any atom is 0.0749 e. The van der Waals surface area contributed by atoms with Gasteiger partial charge in [0.05, 0.1) is 10.5 Å². The quantitative estimate of drug-likeness (QED) is 0.637. The summed E-state index contributed by atoms with van der Waals surface area (Å²) in [5.41, 5.74) is 4.27. The summed E-state index contributed by atoms with van der Waals surface area (Å²) in [4.78, 5) is 4.55. The molecule has 72 valence electrons. The normalized spacial score (nSPS) is 10.9. The third-order valence-electron chi connectivity index (χ3n) is 2.63. The van der Waals surface area contributed by atoms with Gasteiger partial charge in [-0.2, -0.15) is 0 Å². The van der Waals surface area contributed by atoms with Gasteiger partial charge in [0, 0.05) is 11.1 Å². The Hall–Kier alpha value is -1.08. The predicted molar refractivity (Wildman–Crippen MR) is 61.0 cm³/mol. The van der Waals surface area contributed by atoms with Gasteiger partial charge in [0.25, 0.3) is 0 Å². The number of hydrogen-bond donors (Lipinski definition) is 0. The number of pyridine rings is 1. The molecule has 0 amide bonds. The second kappa shape index (κ2) is 3.25. The first-order chi connectivity index (χ1) is 6.61. The lowest BCUT2D eigenvalue weighted by molar-refractivity contribution is 1.19. The van der Waals surface area contributed by atoms with Crippen molar-refractivity contribution < 1.29 is 0 Å². The monoisotopic (exact) mass is 205 g/mol. The van der Waals surface area contributed by atoms with E-state index in [1.165, 1.54) is 5.56 Å². The van der Waals surface area contributed by atoms with Gasteiger partial charge in [0.1, 0.15) is 0 Å². The number of nitrogens with zero attached hydrogens (tertiary/aromatic N) is 1. The average molecular weight is 206 g/mol. The first kappa shape index (κ1) is 9.47. The topological polar surface area (TPSA) is 12.9 Å². The van der Waals surface area contributed by atoms with E-state index in [-0.39, 0.29) is 0 Å². The van der Waals surface area contributed by atoms with Gasteiger partial charge >= 0.3 is 0 Å². The smallest absolute Gasteiger partial charge is 0.0749 e. The zero-order valence-corrected chi connectivity index (χ0v) is 9.31. The third-order valence-corrected chi connectivity index (χ3v) is 3.11. The Bertz CT molecular complexity index is 503. The highest BCUT2D eigenvalue weighted by molar-refractivity contribution is 6.36. The average Bonchev–Trinajstić information content (AvgIpc) is 2.17. The van der Waals surface area contributed by atoms with E-state index in [2.05, 4.69) is 18.0 Å². The SMILES string of the molecule is Cc1nc2c(C)cccc2c(Cl)c1C. The summed E-state index contributed by atoms with van der Waals surface area (Å²) >= 11 is 6.26. The molecule has 1 aromatic carbocycles. The molecule has 0 radical (unpaired) electrons. The van der Waals surface area contributed by atoms with Crippen molar-refractivity contribution >= 4 is 22.5 Å². The second-order valence-electron chi connectivity index (χ2n) is 3.61. The van der Waals surface area contributed by atoms with Crippen LogP contribution >= 0.6 is 11.6 Å². The summed E-state index contributed by atoms with van der Waals surface area (Å²) in [6, 6.07) is 6.09. The summed E-state index contributed by atoms with van der Waals surface area (Å²) in [6.07, 6.45) is 0. The van der Waals surface area contributed by atoms with Gasteiger partial charge < -0.3 is 0 Å². The van der Waals surface area contributed by atoms with E-state index < -0.39 is 0 Å². The molecule has 1 nitrogen and oxygen atoms in total. The third kappa shape index (κ3) is 1.28. The van der Waals surface area contributed by atoms with Crippen LogP contribution < -0.4 is 0 Å². The van der Waals surface area contributed by atoms with Crippen molar-refractivity contribution in [2.75, 3.05) is 0 Å². The van der Waals surface area contributed by atoms with Gasteiger partial charge in [-0.3, -0.25) is 4.98 Å². The lowest BCUT2D eigenvalue weighted by Gasteiger charge is -2.08. The predicted octanol–water partition coefficient (Wildman–Crippen LogP) is 3.81. The van der Waals surface area contributed by atoms with E-state index in [0.29, 0.717) is 0 Å². The number of halogens is 1. The Balaban J connectivity index is 2.98. The molecule has 1 heterocycles. The minimum Gasteiger partial charge on any atom is -0.252 e. The molecule has 2 heteroatoms. The molecule has 14 heavy (non-hydrogen) atoms. The number of aromatic nitrogens is 1. The fourth-order valence-electron chi connectivity index (χ4n) is 1.60. The summed E-state index contributed by atoms with van der Waals surface area (Å²) < 4.78 is 0. The van der Waals surface area contributed by atoms with Gasteiger partial charge in [0.15, 0.2) is 0 Å². The number of rotatable bonds is 0. The van der Waals surface area contributed by atoms with Crippen molar-refractivity contribution in [3.8, 4) is 0 Å². The Kier molecular flexibility index (Phi) is 2.20. The minimum atomic E-state index is 0.830. The van der Waals surface area contributed by atoms with Crippen molar-refractivity contribution in [2.45, 2.75) is 20.8 Å². The zero-order valence-electron chi connectivity index (χ0n) is 8.56. The van der Waals surface area contributed by atoms with Crippen LogP contribution in [0.3, 0.4) is 0 Å². The summed E-state index contributed by atoms with van der Waals surface area (Å²) in [7, 11) is 0. The molecule has 1 aromatic heterocycles. The van der Waals surface area contributed by atoms with Crippen molar-refractivity contribution in [3.63, 3.8) is 0 Å². The van der Waals surface area contributed by atoms with E-state index in [0.717, 1.165) is 27.2 Å². The fourth-order valence-corrected chi connectivity index (χ4v) is 1.89. The molecule has 0 aliphatic carbocycles. The van der Waals surface area contributed by atoms with Gasteiger partial charge in [-0.1, -0.05) is 29.8 Å². The molecule has 2 rings (SSSR count). The largest absolute Gasteiger partial charge is 0.252 e. The molecule has 0 N–H and O–H groups in total. The molecular formula is C12H12ClN. The summed E-state index contributed by atoms with van der Waals surface area (Å²) in [6.45, 7) is 6.06. The summed E-state index contributed by atoms with van der Waals surface area (Å²) in [5, 5.41) is 1.88. The van der Waals surface area contributed by atoms with Crippen molar-refractivity contribution in [1.29, 1.82) is 0 Å². The van der Waals surface area contributed by atoms with Gasteiger partial charge in [-0.15, -0.1) is 0 Å². The lowest BCUT2D eigenvalue weighted by Crippen LogP contribution is -1.92. The van der Waals surface area contributed by atoms with E-state index in [1.54, 1.807) is 0 Å². The maximum atomic E-state index is 6.26. The highest BCUT2D eigenvalue weighted by Gasteiger charge is 2.07. The Morgan fingerprint density at radius 3 is 2.57 bits per heavy atom. The van der Waals surface area contributed by atoms with E-state index >= 15 is 0 Å². The fraction of sp³-hybridized carbons (Fsp3) is 0.250. The highest BCUT2D eigenvalue weighted by Crippen LogP contribution is 2.28. The molecule has 0 spiro atoms. The van der Waals surface area contributed by atoms with Crippen LogP contribution in [0.4, 0.5) is 0 Å². The van der Waals surface area contributed by atoms with Crippen molar-refractivity contribution in [1.82, 2.24) is 4.98 Å². The molecule has 0 aliphatic heterocycles. The Morgan fingerprint density at radius 2 is 1.86 bits per heavy atom. The molecule has 0 fully saturated rings. The minimum absolute atomic E-state index is 0.830. The number of hydrogen-bond acceptors (Lipinski definition) is 1. The van der Waals surface area contributed by atoms with Gasteiger partial charge in [0.2, 0.25) is 0 Å². The number of aryl methyl sites for hydroxylation is 2. The van der Waals surface area contributed by atoms with Gasteiger partial charge in [-0.05, 0) is 31.9 Å². The Labute approximate surface area is 88.7 Å². The number of fused-ring (bicyclic) bond motifs is 1. The van der Waals surface area contributed by atoms with Crippen LogP contribution in [0.5, 0.6) is 0 Å². The molecule has 0 unspecified atom stereocenters. The molecule has 0 aliphatic rings. The maximum absolute atomic E-state index is 6.26. The number of para-hydroxylation sites is 1. The first-order valence-corrected chi connectivity index (χ1v) is 5.01. The zero-order chi connectivity index (χ0) is 10.3. The summed E-state index contributed by atoms with van der Waals surface area (Å²) in [5.74, 6) is 0. The molecule has 0 bridgehead atoms. The molecular weight excluding hydrogens is 194 g/mol. The Morgan fingerprint density at radius 1 is 1.14 bits per heavy atom. The molecule has 0 atom stereocenters. The molecule has 2 aromatic rings. The highest BCUT2D eigenvalue weighted by atomic mass is 35.5. The van der Waals surface area contributed by atoms with Crippen LogP contribution in [0, 0.1) is 20.8 Å². The van der Waals surface area contributed by atoms with Crippen LogP contribution in [0.15, 0.2) is 18.2 Å². The van der Waals surface area contributed by atoms with Crippen LogP contribution in [-0.2, 0) is 0 Å². The molecule has 0 saturated carbocycles. The van der Waals surface area contributed by atoms with Crippen LogP contribution in [0.1, 0.15) is 16.8 Å². The van der Waals surface area contributed by atoms with E-state index in [1.807, 2.05) is 26.0 Å². The second-order valence-corrected chi connectivity index (χ2v) is 3.99. The van der Waals surface area contributed by atoms with Crippen molar-refractivity contribution in [2.24, 2.45) is 0 Å². The van der Waals surface area contributed by atoms with Gasteiger partial charge in [-0.25, -0.2) is 0 Å². The van der Waals surface area contributed by atoms with E-state index in [9.17, 15) is 0 Å². The van der Waals surface area contributed by atoms with Crippen LogP contribution in [0.2, 0.25) is 5.02 Å². The lowest BCUT2D eigenvalue weighted by atomic mass is 10.1. The van der Waals surface area contributed by atoms with Crippen molar-refractivity contribution in [3.05, 3.63) is 40.0 Å². The standard InChI is InChI=1S/C12H12ClN/c1-7-5-4-6-10-11(13)8(2)9(3)14-12(7)10/h4-6H,1-3H3. The van der Waals surface area contributed by atoms with E-state index in [4.69, 9.17) is 11.6 Å². The van der Waals surface area contributed by atoms with Crippen LogP contribution in [-0.4, -0.2) is 4.98 Å². The number of benzene rings is 1.